The smallest absolute Gasteiger partial charge is 0.163 e. The zero-order valence-corrected chi connectivity index (χ0v) is 13.4. The summed E-state index contributed by atoms with van der Waals surface area (Å²) < 4.78 is 2.07. The minimum absolute atomic E-state index is 0.217. The molecule has 2 heterocycles. The molecule has 0 unspecified atom stereocenters. The van der Waals surface area contributed by atoms with Crippen LogP contribution in [0.25, 0.3) is 10.9 Å². The zero-order chi connectivity index (χ0) is 16.1. The van der Waals surface area contributed by atoms with Crippen molar-refractivity contribution in [2.45, 2.75) is 39.2 Å². The predicted octanol–water partition coefficient (Wildman–Crippen LogP) is 4.18. The van der Waals surface area contributed by atoms with Crippen LogP contribution in [-0.4, -0.2) is 20.3 Å². The number of imidazole rings is 1. The molecule has 0 atom stereocenters. The summed E-state index contributed by atoms with van der Waals surface area (Å²) in [6.07, 6.45) is 9.22. The number of nitrogens with zero attached hydrogens (tertiary/aromatic N) is 3. The fraction of sp³-hybridized carbons (Fsp3) is 0.316. The van der Waals surface area contributed by atoms with Crippen LogP contribution in [0.15, 0.2) is 49.1 Å². The number of unbranched alkanes of at least 4 members (excludes halogenated alkanes) is 2. The first kappa shape index (κ1) is 15.4. The van der Waals surface area contributed by atoms with Crippen LogP contribution in [0.1, 0.15) is 41.7 Å². The van der Waals surface area contributed by atoms with Crippen molar-refractivity contribution in [3.8, 4) is 0 Å². The van der Waals surface area contributed by atoms with Crippen molar-refractivity contribution < 1.29 is 4.79 Å². The lowest BCUT2D eigenvalue weighted by Crippen LogP contribution is -2.02. The lowest BCUT2D eigenvalue weighted by molar-refractivity contribution is 0.0980. The van der Waals surface area contributed by atoms with Gasteiger partial charge in [0.1, 0.15) is 0 Å². The average molecular weight is 307 g/mol. The van der Waals surface area contributed by atoms with Gasteiger partial charge in [0.15, 0.2) is 5.78 Å². The van der Waals surface area contributed by atoms with Gasteiger partial charge in [0.25, 0.3) is 0 Å². The number of aryl methyl sites for hydroxylation is 2. The number of hydrogen-bond donors (Lipinski definition) is 0. The molecule has 4 heteroatoms. The third-order valence-corrected chi connectivity index (χ3v) is 4.02. The van der Waals surface area contributed by atoms with E-state index in [0.29, 0.717) is 6.42 Å². The maximum Gasteiger partial charge on any atom is 0.163 e. The van der Waals surface area contributed by atoms with Crippen LogP contribution in [0.3, 0.4) is 0 Å². The fourth-order valence-corrected chi connectivity index (χ4v) is 2.85. The first-order valence-electron chi connectivity index (χ1n) is 8.09. The number of carbonyl (C=O) groups excluding carboxylic acids is 1. The van der Waals surface area contributed by atoms with E-state index in [0.717, 1.165) is 48.0 Å². The second-order valence-corrected chi connectivity index (χ2v) is 5.86. The summed E-state index contributed by atoms with van der Waals surface area (Å²) in [5.41, 5.74) is 2.60. The van der Waals surface area contributed by atoms with Gasteiger partial charge in [-0.05, 0) is 31.9 Å². The van der Waals surface area contributed by atoms with Crippen LogP contribution in [0.4, 0.5) is 0 Å². The van der Waals surface area contributed by atoms with Gasteiger partial charge in [0.2, 0.25) is 0 Å². The number of para-hydroxylation sites is 1. The lowest BCUT2D eigenvalue weighted by atomic mass is 10.00. The Morgan fingerprint density at radius 3 is 2.87 bits per heavy atom. The highest BCUT2D eigenvalue weighted by Gasteiger charge is 2.11. The Kier molecular flexibility index (Phi) is 4.81. The highest BCUT2D eigenvalue weighted by molar-refractivity contribution is 6.07. The molecule has 4 nitrogen and oxygen atoms in total. The fourth-order valence-electron chi connectivity index (χ4n) is 2.85. The van der Waals surface area contributed by atoms with Crippen molar-refractivity contribution in [2.75, 3.05) is 0 Å². The van der Waals surface area contributed by atoms with Crippen molar-refractivity contribution in [3.63, 3.8) is 0 Å². The van der Waals surface area contributed by atoms with E-state index in [1.807, 2.05) is 49.8 Å². The number of fused-ring (bicyclic) bond motifs is 1. The second-order valence-electron chi connectivity index (χ2n) is 5.86. The summed E-state index contributed by atoms with van der Waals surface area (Å²) >= 11 is 0. The standard InChI is InChI=1S/C19H21N3O/c1-15-13-17(16-7-4-5-8-18(16)21-15)19(23)9-3-2-6-11-22-12-10-20-14-22/h4-5,7-8,10,12-14H,2-3,6,9,11H2,1H3. The molecule has 0 aliphatic carbocycles. The topological polar surface area (TPSA) is 47.8 Å². The number of hydrogen-bond acceptors (Lipinski definition) is 3. The molecule has 0 spiro atoms. The third-order valence-electron chi connectivity index (χ3n) is 4.02. The number of aromatic nitrogens is 3. The van der Waals surface area contributed by atoms with Gasteiger partial charge in [-0.2, -0.15) is 0 Å². The SMILES string of the molecule is Cc1cc(C(=O)CCCCCn2ccnc2)c2ccccc2n1. The van der Waals surface area contributed by atoms with Gasteiger partial charge in [-0.25, -0.2) is 4.98 Å². The van der Waals surface area contributed by atoms with E-state index >= 15 is 0 Å². The number of Topliss-reactive ketones (excluding diaryl/α,β-unsaturated/α-hetero) is 1. The maximum atomic E-state index is 12.6. The lowest BCUT2D eigenvalue weighted by Gasteiger charge is -2.07. The van der Waals surface area contributed by atoms with Crippen molar-refractivity contribution in [1.82, 2.24) is 14.5 Å². The molecule has 0 saturated carbocycles. The molecule has 3 aromatic rings. The van der Waals surface area contributed by atoms with Gasteiger partial charge in [-0.1, -0.05) is 24.6 Å². The van der Waals surface area contributed by atoms with E-state index in [1.165, 1.54) is 0 Å². The molecule has 2 aromatic heterocycles. The highest BCUT2D eigenvalue weighted by Crippen LogP contribution is 2.20. The molecule has 0 aliphatic rings. The first-order chi connectivity index (χ1) is 11.2. The molecule has 0 saturated heterocycles. The van der Waals surface area contributed by atoms with E-state index < -0.39 is 0 Å². The molecular weight excluding hydrogens is 286 g/mol. The summed E-state index contributed by atoms with van der Waals surface area (Å²) in [6, 6.07) is 9.77. The number of rotatable bonds is 7. The summed E-state index contributed by atoms with van der Waals surface area (Å²) in [5.74, 6) is 0.217. The predicted molar refractivity (Wildman–Crippen MR) is 91.5 cm³/mol. The molecule has 118 valence electrons. The Hall–Kier alpha value is -2.49. The van der Waals surface area contributed by atoms with Gasteiger partial charge >= 0.3 is 0 Å². The van der Waals surface area contributed by atoms with Gasteiger partial charge < -0.3 is 4.57 Å². The highest BCUT2D eigenvalue weighted by atomic mass is 16.1. The molecule has 0 radical (unpaired) electrons. The van der Waals surface area contributed by atoms with Gasteiger partial charge in [-0.15, -0.1) is 0 Å². The molecule has 0 aliphatic heterocycles. The van der Waals surface area contributed by atoms with Crippen LogP contribution in [0.5, 0.6) is 0 Å². The van der Waals surface area contributed by atoms with Crippen LogP contribution in [-0.2, 0) is 6.54 Å². The summed E-state index contributed by atoms with van der Waals surface area (Å²) in [4.78, 5) is 21.1. The van der Waals surface area contributed by atoms with E-state index in [1.54, 1.807) is 6.20 Å². The minimum atomic E-state index is 0.217. The Bertz CT molecular complexity index is 793. The maximum absolute atomic E-state index is 12.6. The molecule has 0 bridgehead atoms. The third kappa shape index (κ3) is 3.83. The summed E-state index contributed by atoms with van der Waals surface area (Å²) in [6.45, 7) is 2.90. The van der Waals surface area contributed by atoms with Crippen LogP contribution >= 0.6 is 0 Å². The molecule has 0 amide bonds. The van der Waals surface area contributed by atoms with Crippen LogP contribution in [0.2, 0.25) is 0 Å². The molecule has 0 N–H and O–H groups in total. The van der Waals surface area contributed by atoms with Crippen LogP contribution in [0, 0.1) is 6.92 Å². The Labute approximate surface area is 136 Å². The Morgan fingerprint density at radius 1 is 1.17 bits per heavy atom. The monoisotopic (exact) mass is 307 g/mol. The Balaban J connectivity index is 1.58. The molecule has 1 aromatic carbocycles. The quantitative estimate of drug-likeness (QED) is 0.486. The zero-order valence-electron chi connectivity index (χ0n) is 13.4. The van der Waals surface area contributed by atoms with Gasteiger partial charge in [-0.3, -0.25) is 9.78 Å². The normalized spacial score (nSPS) is 11.0. The van der Waals surface area contributed by atoms with Crippen molar-refractivity contribution in [2.24, 2.45) is 0 Å². The van der Waals surface area contributed by atoms with E-state index in [4.69, 9.17) is 0 Å². The number of pyridine rings is 1. The average Bonchev–Trinajstić information content (AvgIpc) is 3.07. The minimum Gasteiger partial charge on any atom is -0.337 e. The van der Waals surface area contributed by atoms with E-state index in [-0.39, 0.29) is 5.78 Å². The largest absolute Gasteiger partial charge is 0.337 e. The summed E-state index contributed by atoms with van der Waals surface area (Å²) in [5, 5.41) is 0.960. The molecule has 3 rings (SSSR count). The first-order valence-corrected chi connectivity index (χ1v) is 8.09. The molecule has 23 heavy (non-hydrogen) atoms. The van der Waals surface area contributed by atoms with Crippen molar-refractivity contribution >= 4 is 16.7 Å². The van der Waals surface area contributed by atoms with Gasteiger partial charge in [0.05, 0.1) is 11.8 Å². The van der Waals surface area contributed by atoms with E-state index in [2.05, 4.69) is 14.5 Å². The Morgan fingerprint density at radius 2 is 2.04 bits per heavy atom. The van der Waals surface area contributed by atoms with Crippen molar-refractivity contribution in [1.29, 1.82) is 0 Å². The molecular formula is C19H21N3O. The number of ketones is 1. The summed E-state index contributed by atoms with van der Waals surface area (Å²) in [7, 11) is 0. The van der Waals surface area contributed by atoms with Crippen LogP contribution < -0.4 is 0 Å². The number of carbonyl (C=O) groups is 1. The molecule has 0 fully saturated rings. The van der Waals surface area contributed by atoms with Gasteiger partial charge in [0, 0.05) is 42.0 Å². The number of benzene rings is 1. The van der Waals surface area contributed by atoms with Crippen molar-refractivity contribution in [3.05, 3.63) is 60.3 Å². The van der Waals surface area contributed by atoms with E-state index in [9.17, 15) is 4.79 Å². The second kappa shape index (κ2) is 7.18.